The van der Waals surface area contributed by atoms with Crippen LogP contribution in [0.15, 0.2) is 22.7 Å². The van der Waals surface area contributed by atoms with E-state index in [2.05, 4.69) is 21.9 Å². The summed E-state index contributed by atoms with van der Waals surface area (Å²) in [5.74, 6) is 1.69. The summed E-state index contributed by atoms with van der Waals surface area (Å²) in [6, 6.07) is 3.54. The summed E-state index contributed by atoms with van der Waals surface area (Å²) >= 11 is 3.12. The number of nitrogens with zero attached hydrogens (tertiary/aromatic N) is 1. The fraction of sp³-hybridized carbons (Fsp3) is 0.308. The van der Waals surface area contributed by atoms with Crippen molar-refractivity contribution in [1.29, 1.82) is 0 Å². The Kier molecular flexibility index (Phi) is 3.59. The van der Waals surface area contributed by atoms with Crippen LogP contribution in [0.4, 0.5) is 18.9 Å². The number of terminal acetylenes is 1. The number of anilines is 1. The molecule has 0 bridgehead atoms. The van der Waals surface area contributed by atoms with Crippen LogP contribution < -0.4 is 4.90 Å². The molecule has 1 aromatic carbocycles. The molecule has 1 heterocycles. The highest BCUT2D eigenvalue weighted by Gasteiger charge is 2.38. The highest BCUT2D eigenvalue weighted by molar-refractivity contribution is 9.10. The van der Waals surface area contributed by atoms with Crippen molar-refractivity contribution in [3.05, 3.63) is 28.2 Å². The molecule has 2 rings (SSSR count). The van der Waals surface area contributed by atoms with Gasteiger partial charge in [0.2, 0.25) is 5.91 Å². The molecule has 0 aliphatic carbocycles. The Morgan fingerprint density at radius 3 is 2.63 bits per heavy atom. The highest BCUT2D eigenvalue weighted by Crippen LogP contribution is 2.39. The molecule has 0 radical (unpaired) electrons. The zero-order valence-corrected chi connectivity index (χ0v) is 11.3. The molecular formula is C13H9BrF3NO. The average Bonchev–Trinajstić information content (AvgIpc) is 2.68. The number of carbonyl (C=O) groups excluding carboxylic acids is 1. The molecule has 0 saturated carbocycles. The number of hydrogen-bond acceptors (Lipinski definition) is 1. The van der Waals surface area contributed by atoms with E-state index in [-0.39, 0.29) is 30.5 Å². The molecule has 100 valence electrons. The number of carbonyl (C=O) groups is 1. The van der Waals surface area contributed by atoms with E-state index in [0.717, 1.165) is 11.0 Å². The first-order chi connectivity index (χ1) is 8.82. The lowest BCUT2D eigenvalue weighted by Gasteiger charge is -2.21. The number of hydrogen-bond donors (Lipinski definition) is 0. The van der Waals surface area contributed by atoms with E-state index in [4.69, 9.17) is 6.42 Å². The van der Waals surface area contributed by atoms with Gasteiger partial charge in [-0.15, -0.1) is 12.3 Å². The van der Waals surface area contributed by atoms with Crippen molar-refractivity contribution in [2.45, 2.75) is 12.6 Å². The molecule has 0 N–H and O–H groups in total. The molecule has 1 aliphatic heterocycles. The van der Waals surface area contributed by atoms with E-state index < -0.39 is 11.7 Å². The minimum atomic E-state index is -4.51. The van der Waals surface area contributed by atoms with Crippen molar-refractivity contribution in [2.24, 2.45) is 5.92 Å². The third-order valence-electron chi connectivity index (χ3n) is 2.92. The van der Waals surface area contributed by atoms with Gasteiger partial charge in [0.25, 0.3) is 0 Å². The van der Waals surface area contributed by atoms with E-state index in [1.54, 1.807) is 0 Å². The fourth-order valence-electron chi connectivity index (χ4n) is 2.02. The van der Waals surface area contributed by atoms with Crippen LogP contribution in [0.1, 0.15) is 12.0 Å². The molecule has 1 amide bonds. The summed E-state index contributed by atoms with van der Waals surface area (Å²) in [4.78, 5) is 12.9. The maximum atomic E-state index is 12.9. The van der Waals surface area contributed by atoms with Crippen molar-refractivity contribution >= 4 is 27.5 Å². The number of rotatable bonds is 1. The molecule has 0 spiro atoms. The molecular weight excluding hydrogens is 323 g/mol. The van der Waals surface area contributed by atoms with Crippen LogP contribution in [-0.4, -0.2) is 12.5 Å². The van der Waals surface area contributed by atoms with Crippen molar-refractivity contribution < 1.29 is 18.0 Å². The Hall–Kier alpha value is -1.48. The van der Waals surface area contributed by atoms with E-state index >= 15 is 0 Å². The highest BCUT2D eigenvalue weighted by atomic mass is 79.9. The topological polar surface area (TPSA) is 20.3 Å². The first-order valence-corrected chi connectivity index (χ1v) is 6.25. The Labute approximate surface area is 116 Å². The van der Waals surface area contributed by atoms with E-state index in [9.17, 15) is 18.0 Å². The van der Waals surface area contributed by atoms with Crippen LogP contribution in [0.3, 0.4) is 0 Å². The van der Waals surface area contributed by atoms with Crippen molar-refractivity contribution in [1.82, 2.24) is 0 Å². The van der Waals surface area contributed by atoms with Gasteiger partial charge in [0.05, 0.1) is 11.3 Å². The fourth-order valence-corrected chi connectivity index (χ4v) is 2.37. The van der Waals surface area contributed by atoms with Gasteiger partial charge < -0.3 is 4.90 Å². The lowest BCUT2D eigenvalue weighted by molar-refractivity contribution is -0.137. The third kappa shape index (κ3) is 2.76. The molecule has 0 aromatic heterocycles. The van der Waals surface area contributed by atoms with Gasteiger partial charge in [-0.05, 0) is 18.2 Å². The molecule has 1 unspecified atom stereocenters. The SMILES string of the molecule is C#CC1CC(=O)N(c2cc(Br)ccc2C(F)(F)F)C1. The van der Waals surface area contributed by atoms with Gasteiger partial charge in [-0.3, -0.25) is 4.79 Å². The Morgan fingerprint density at radius 1 is 1.42 bits per heavy atom. The average molecular weight is 332 g/mol. The molecule has 1 saturated heterocycles. The molecule has 1 aromatic rings. The Bertz CT molecular complexity index is 562. The monoisotopic (exact) mass is 331 g/mol. The number of alkyl halides is 3. The standard InChI is InChI=1S/C13H9BrF3NO/c1-2-8-5-12(19)18(7-8)11-6-9(14)3-4-10(11)13(15,16)17/h1,3-4,6,8H,5,7H2. The second-order valence-corrected chi connectivity index (χ2v) is 5.15. The van der Waals surface area contributed by atoms with Crippen molar-refractivity contribution in [3.8, 4) is 12.3 Å². The molecule has 19 heavy (non-hydrogen) atoms. The largest absolute Gasteiger partial charge is 0.418 e. The van der Waals surface area contributed by atoms with Crippen LogP contribution in [0.5, 0.6) is 0 Å². The maximum Gasteiger partial charge on any atom is 0.418 e. The predicted molar refractivity (Wildman–Crippen MR) is 68.4 cm³/mol. The second kappa shape index (κ2) is 4.89. The quantitative estimate of drug-likeness (QED) is 0.722. The summed E-state index contributed by atoms with van der Waals surface area (Å²) in [6.07, 6.45) is 0.804. The first kappa shape index (κ1) is 13.9. The molecule has 1 fully saturated rings. The van der Waals surface area contributed by atoms with Crippen LogP contribution in [0, 0.1) is 18.3 Å². The maximum absolute atomic E-state index is 12.9. The van der Waals surface area contributed by atoms with Gasteiger partial charge in [-0.2, -0.15) is 13.2 Å². The van der Waals surface area contributed by atoms with Gasteiger partial charge >= 0.3 is 6.18 Å². The summed E-state index contributed by atoms with van der Waals surface area (Å²) in [5.41, 5.74) is -0.980. The zero-order valence-electron chi connectivity index (χ0n) is 9.67. The van der Waals surface area contributed by atoms with E-state index in [1.165, 1.54) is 12.1 Å². The number of benzene rings is 1. The van der Waals surface area contributed by atoms with Crippen LogP contribution in [0.2, 0.25) is 0 Å². The summed E-state index contributed by atoms with van der Waals surface area (Å²) in [5, 5.41) is 0. The van der Waals surface area contributed by atoms with Crippen LogP contribution >= 0.6 is 15.9 Å². The first-order valence-electron chi connectivity index (χ1n) is 5.46. The van der Waals surface area contributed by atoms with Gasteiger partial charge in [0.15, 0.2) is 0 Å². The molecule has 1 atom stereocenters. The van der Waals surface area contributed by atoms with Gasteiger partial charge in [-0.25, -0.2) is 0 Å². The van der Waals surface area contributed by atoms with E-state index in [1.807, 2.05) is 0 Å². The normalized spacial score (nSPS) is 19.6. The van der Waals surface area contributed by atoms with Crippen molar-refractivity contribution in [3.63, 3.8) is 0 Å². The molecule has 2 nitrogen and oxygen atoms in total. The Morgan fingerprint density at radius 2 is 2.11 bits per heavy atom. The minimum absolute atomic E-state index is 0.0836. The van der Waals surface area contributed by atoms with Gasteiger partial charge in [-0.1, -0.05) is 15.9 Å². The summed E-state index contributed by atoms with van der Waals surface area (Å²) in [6.45, 7) is 0.120. The second-order valence-electron chi connectivity index (χ2n) is 4.23. The zero-order chi connectivity index (χ0) is 14.2. The van der Waals surface area contributed by atoms with Gasteiger partial charge in [0, 0.05) is 23.4 Å². The summed E-state index contributed by atoms with van der Waals surface area (Å²) < 4.78 is 39.3. The van der Waals surface area contributed by atoms with Crippen LogP contribution in [0.25, 0.3) is 0 Å². The van der Waals surface area contributed by atoms with Crippen LogP contribution in [-0.2, 0) is 11.0 Å². The predicted octanol–water partition coefficient (Wildman–Crippen LogP) is 3.45. The summed E-state index contributed by atoms with van der Waals surface area (Å²) in [7, 11) is 0. The smallest absolute Gasteiger partial charge is 0.310 e. The third-order valence-corrected chi connectivity index (χ3v) is 3.41. The molecule has 1 aliphatic rings. The van der Waals surface area contributed by atoms with E-state index in [0.29, 0.717) is 4.47 Å². The lowest BCUT2D eigenvalue weighted by Crippen LogP contribution is -2.27. The number of amides is 1. The minimum Gasteiger partial charge on any atom is -0.310 e. The van der Waals surface area contributed by atoms with Crippen molar-refractivity contribution in [2.75, 3.05) is 11.4 Å². The Balaban J connectivity index is 2.48. The molecule has 6 heteroatoms. The number of halogens is 4. The van der Waals surface area contributed by atoms with Gasteiger partial charge in [0.1, 0.15) is 0 Å². The lowest BCUT2D eigenvalue weighted by atomic mass is 10.1.